The van der Waals surface area contributed by atoms with Crippen LogP contribution >= 0.6 is 16.0 Å². The van der Waals surface area contributed by atoms with Gasteiger partial charge in [0, 0.05) is 18.6 Å². The summed E-state index contributed by atoms with van der Waals surface area (Å²) in [6, 6.07) is 1.39. The summed E-state index contributed by atoms with van der Waals surface area (Å²) in [6.07, 6.45) is 1.74. The van der Waals surface area contributed by atoms with E-state index in [4.69, 9.17) is 20.9 Å². The fourth-order valence-corrected chi connectivity index (χ4v) is 3.02. The predicted octanol–water partition coefficient (Wildman–Crippen LogP) is 1.02. The number of hydrogen-bond donors (Lipinski definition) is 2. The van der Waals surface area contributed by atoms with Gasteiger partial charge in [-0.3, -0.25) is 9.59 Å². The number of nitrogens with two attached hydrogens (primary N) is 2. The van der Waals surface area contributed by atoms with Gasteiger partial charge >= 0.3 is 22.0 Å². The van der Waals surface area contributed by atoms with Crippen LogP contribution < -0.4 is 16.2 Å². The van der Waals surface area contributed by atoms with Crippen molar-refractivity contribution in [2.45, 2.75) is 6.92 Å². The van der Waals surface area contributed by atoms with E-state index in [9.17, 15) is 14.2 Å². The Labute approximate surface area is 140 Å². The van der Waals surface area contributed by atoms with E-state index in [0.29, 0.717) is 5.57 Å². The normalized spacial score (nSPS) is 12.0. The number of nitrogen functional groups attached to an aromatic ring is 2. The highest BCUT2D eigenvalue weighted by Crippen LogP contribution is 2.44. The van der Waals surface area contributed by atoms with Gasteiger partial charge in [-0.25, -0.2) is 0 Å². The predicted molar refractivity (Wildman–Crippen MR) is 89.0 cm³/mol. The van der Waals surface area contributed by atoms with Crippen molar-refractivity contribution in [3.63, 3.8) is 0 Å². The maximum atomic E-state index is 11.6. The molecule has 2 unspecified atom stereocenters. The number of aromatic nitrogens is 2. The van der Waals surface area contributed by atoms with Gasteiger partial charge in [-0.15, -0.1) is 0 Å². The van der Waals surface area contributed by atoms with E-state index in [2.05, 4.69) is 14.5 Å². The molecule has 0 aliphatic heterocycles. The van der Waals surface area contributed by atoms with Crippen LogP contribution in [0.25, 0.3) is 0 Å². The summed E-state index contributed by atoms with van der Waals surface area (Å²) >= 11 is 0. The van der Waals surface area contributed by atoms with Crippen molar-refractivity contribution >= 4 is 40.2 Å². The highest BCUT2D eigenvalue weighted by molar-refractivity contribution is 8.13. The molecule has 0 bridgehead atoms. The third-order valence-electron chi connectivity index (χ3n) is 2.35. The van der Waals surface area contributed by atoms with Gasteiger partial charge in [-0.05, 0) is 6.08 Å². The second kappa shape index (κ2) is 10.5. The molecule has 0 radical (unpaired) electrons. The lowest BCUT2D eigenvalue weighted by atomic mass is 10.3. The van der Waals surface area contributed by atoms with Crippen molar-refractivity contribution in [2.75, 3.05) is 30.8 Å². The Kier molecular flexibility index (Phi) is 8.60. The fourth-order valence-electron chi connectivity index (χ4n) is 1.39. The maximum absolute atomic E-state index is 11.6. The van der Waals surface area contributed by atoms with Crippen LogP contribution in [-0.2, 0) is 23.4 Å². The third-order valence-corrected chi connectivity index (χ3v) is 4.75. The number of hydrogen-bond acceptors (Lipinski definition) is 10. The average Bonchev–Trinajstić information content (AvgIpc) is 2.51. The molecular weight excluding hydrogens is 358 g/mol. The Bertz CT molecular complexity index is 620. The highest BCUT2D eigenvalue weighted by atomic mass is 32.0. The molecular formula is C12H17N4O6P2+. The molecule has 0 spiro atoms. The summed E-state index contributed by atoms with van der Waals surface area (Å²) in [5.74, 6) is -0.194. The minimum Gasteiger partial charge on any atom is -0.473 e. The number of carbonyl (C=O) groups is 2. The molecule has 0 amide bonds. The van der Waals surface area contributed by atoms with E-state index < -0.39 is 22.0 Å². The van der Waals surface area contributed by atoms with Crippen LogP contribution in [0.1, 0.15) is 6.92 Å². The lowest BCUT2D eigenvalue weighted by Gasteiger charge is -2.09. The quantitative estimate of drug-likeness (QED) is 0.262. The summed E-state index contributed by atoms with van der Waals surface area (Å²) in [5.41, 5.74) is 11.6. The second-order valence-electron chi connectivity index (χ2n) is 4.29. The zero-order chi connectivity index (χ0) is 17.9. The standard InChI is InChI=1S/C12H17N4O6P2/c1-8(18)20-5-9(2-3-24(19)23-22-7-17)6-21-11-4-10(13)15-12(14)16-11/h2,4,7,23H,3,5-6H2,1H3,(H4,13,14,15,16)/q+1/b9-2-. The minimum atomic E-state index is -1.73. The van der Waals surface area contributed by atoms with Gasteiger partial charge in [0.1, 0.15) is 19.0 Å². The molecule has 10 nitrogen and oxygen atoms in total. The molecule has 2 atom stereocenters. The molecule has 0 saturated carbocycles. The maximum Gasteiger partial charge on any atom is 0.399 e. The molecule has 12 heteroatoms. The SMILES string of the molecule is CC(=O)OC/C(=C/C[P+](=O)POC=O)COc1cc(N)nc(N)n1. The molecule has 1 aromatic rings. The number of allylic oxidation sites excluding steroid dienone is 1. The van der Waals surface area contributed by atoms with Gasteiger partial charge in [0.25, 0.3) is 6.47 Å². The molecule has 24 heavy (non-hydrogen) atoms. The Morgan fingerprint density at radius 3 is 2.75 bits per heavy atom. The van der Waals surface area contributed by atoms with Crippen molar-refractivity contribution in [2.24, 2.45) is 0 Å². The number of ether oxygens (including phenoxy) is 2. The number of anilines is 2. The van der Waals surface area contributed by atoms with Crippen molar-refractivity contribution in [3.8, 4) is 5.88 Å². The van der Waals surface area contributed by atoms with E-state index in [1.165, 1.54) is 13.0 Å². The number of nitrogens with zero attached hydrogens (tertiary/aromatic N) is 2. The van der Waals surface area contributed by atoms with E-state index in [-0.39, 0.29) is 43.5 Å². The van der Waals surface area contributed by atoms with E-state index in [1.54, 1.807) is 6.08 Å². The summed E-state index contributed by atoms with van der Waals surface area (Å²) in [7, 11) is -2.17. The van der Waals surface area contributed by atoms with Gasteiger partial charge in [-0.1, -0.05) is 4.57 Å². The van der Waals surface area contributed by atoms with Crippen molar-refractivity contribution in [1.82, 2.24) is 9.97 Å². The topological polar surface area (TPSA) is 157 Å². The monoisotopic (exact) mass is 375 g/mol. The summed E-state index contributed by atoms with van der Waals surface area (Å²) in [4.78, 5) is 28.6. The largest absolute Gasteiger partial charge is 0.473 e. The molecule has 1 rings (SSSR count). The molecule has 1 aromatic heterocycles. The molecule has 1 heterocycles. The van der Waals surface area contributed by atoms with Crippen molar-refractivity contribution in [1.29, 1.82) is 0 Å². The zero-order valence-corrected chi connectivity index (χ0v) is 14.7. The molecule has 0 aliphatic carbocycles. The van der Waals surface area contributed by atoms with Gasteiger partial charge in [0.2, 0.25) is 11.8 Å². The number of rotatable bonds is 10. The second-order valence-corrected chi connectivity index (χ2v) is 7.87. The van der Waals surface area contributed by atoms with Crippen LogP contribution in [0, 0.1) is 0 Å². The zero-order valence-electron chi connectivity index (χ0n) is 12.8. The number of carbonyl (C=O) groups excluding carboxylic acids is 2. The Hall–Kier alpha value is -2.31. The smallest absolute Gasteiger partial charge is 0.399 e. The molecule has 0 aliphatic rings. The van der Waals surface area contributed by atoms with Crippen LogP contribution in [0.2, 0.25) is 0 Å². The third kappa shape index (κ3) is 8.36. The summed E-state index contributed by atoms with van der Waals surface area (Å²) in [5, 5.41) is 0. The first kappa shape index (κ1) is 19.7. The fraction of sp³-hybridized carbons (Fsp3) is 0.333. The highest BCUT2D eigenvalue weighted by Gasteiger charge is 2.16. The lowest BCUT2D eigenvalue weighted by molar-refractivity contribution is -0.140. The van der Waals surface area contributed by atoms with Crippen LogP contribution in [0.4, 0.5) is 11.8 Å². The van der Waals surface area contributed by atoms with Crippen LogP contribution in [0.5, 0.6) is 5.88 Å². The Morgan fingerprint density at radius 2 is 2.12 bits per heavy atom. The van der Waals surface area contributed by atoms with Crippen LogP contribution in [0.3, 0.4) is 0 Å². The van der Waals surface area contributed by atoms with Crippen LogP contribution in [0.15, 0.2) is 17.7 Å². The van der Waals surface area contributed by atoms with Crippen molar-refractivity contribution < 1.29 is 28.2 Å². The van der Waals surface area contributed by atoms with E-state index >= 15 is 0 Å². The molecule has 0 aromatic carbocycles. The van der Waals surface area contributed by atoms with Crippen molar-refractivity contribution in [3.05, 3.63) is 17.7 Å². The first-order valence-electron chi connectivity index (χ1n) is 6.54. The average molecular weight is 375 g/mol. The number of esters is 1. The first-order chi connectivity index (χ1) is 11.4. The lowest BCUT2D eigenvalue weighted by Crippen LogP contribution is -2.12. The van der Waals surface area contributed by atoms with Gasteiger partial charge in [0.15, 0.2) is 6.16 Å². The van der Waals surface area contributed by atoms with Gasteiger partial charge in [0.05, 0.1) is 0 Å². The molecule has 0 saturated heterocycles. The van der Waals surface area contributed by atoms with Gasteiger partial charge < -0.3 is 25.5 Å². The molecule has 0 fully saturated rings. The van der Waals surface area contributed by atoms with Crippen LogP contribution in [-0.4, -0.2) is 41.8 Å². The molecule has 130 valence electrons. The summed E-state index contributed by atoms with van der Waals surface area (Å²) < 4.78 is 26.4. The summed E-state index contributed by atoms with van der Waals surface area (Å²) in [6.45, 7) is 1.49. The van der Waals surface area contributed by atoms with E-state index in [0.717, 1.165) is 0 Å². The molecule has 4 N–H and O–H groups in total. The first-order valence-corrected chi connectivity index (χ1v) is 9.74. The van der Waals surface area contributed by atoms with E-state index in [1.807, 2.05) is 0 Å². The Morgan fingerprint density at radius 1 is 1.38 bits per heavy atom. The van der Waals surface area contributed by atoms with Gasteiger partial charge in [-0.2, -0.15) is 9.97 Å². The minimum absolute atomic E-state index is 0.0179. The Balaban J connectivity index is 2.68.